The van der Waals surface area contributed by atoms with Crippen molar-refractivity contribution in [2.45, 2.75) is 38.0 Å². The van der Waals surface area contributed by atoms with Crippen molar-refractivity contribution >= 4 is 22.6 Å². The number of allylic oxidation sites excluding steroid dienone is 14. The first kappa shape index (κ1) is 31.8. The first-order valence-electron chi connectivity index (χ1n) is 17.3. The summed E-state index contributed by atoms with van der Waals surface area (Å²) < 4.78 is 0. The number of hydrogen-bond acceptors (Lipinski definition) is 1. The van der Waals surface area contributed by atoms with Crippen molar-refractivity contribution in [3.05, 3.63) is 210 Å². The SMILES string of the molecule is C=C(/C=C(\N=C(N)c1ccc(C2=CCC(c3cccc(-c4ccccc4)c3C3=CCCC=C3)C=C2)cc1)C1=CC=CCC1)c1ccccc1. The molecule has 0 saturated heterocycles. The van der Waals surface area contributed by atoms with Gasteiger partial charge in [-0.15, -0.1) is 0 Å². The highest BCUT2D eigenvalue weighted by molar-refractivity contribution is 5.99. The fourth-order valence-electron chi connectivity index (χ4n) is 6.86. The van der Waals surface area contributed by atoms with E-state index in [1.165, 1.54) is 44.5 Å². The van der Waals surface area contributed by atoms with E-state index < -0.39 is 0 Å². The van der Waals surface area contributed by atoms with Gasteiger partial charge in [0.1, 0.15) is 5.84 Å². The Morgan fingerprint density at radius 1 is 0.714 bits per heavy atom. The Hall–Kier alpha value is -5.73. The van der Waals surface area contributed by atoms with Crippen LogP contribution in [0.25, 0.3) is 27.8 Å². The van der Waals surface area contributed by atoms with Gasteiger partial charge in [0.15, 0.2) is 0 Å². The summed E-state index contributed by atoms with van der Waals surface area (Å²) in [6.45, 7) is 4.32. The normalized spacial score (nSPS) is 17.7. The summed E-state index contributed by atoms with van der Waals surface area (Å²) in [6, 6.07) is 36.3. The molecule has 3 aliphatic rings. The van der Waals surface area contributed by atoms with Crippen LogP contribution in [0.4, 0.5) is 0 Å². The molecule has 4 aromatic rings. The molecule has 0 bridgehead atoms. The van der Waals surface area contributed by atoms with Gasteiger partial charge in [-0.3, -0.25) is 0 Å². The standard InChI is InChI=1S/C47H42N2/c1-34(35-15-6-2-7-16-35)33-45(40-19-10-4-11-20-40)49-47(48)42-31-27-37(28-32-42)36-25-29-39(30-26-36)44-24-14-23-43(38-17-8-3-9-18-38)46(44)41-21-12-5-13-22-41/h2-4,6-10,12,14-19,21-29,31-33,39H,1,5,11,13,20,30H2,(H2,48,49)/b45-33-. The highest BCUT2D eigenvalue weighted by atomic mass is 14.9. The summed E-state index contributed by atoms with van der Waals surface area (Å²) in [5.41, 5.74) is 20.6. The fourth-order valence-corrected chi connectivity index (χ4v) is 6.86. The van der Waals surface area contributed by atoms with E-state index in [0.717, 1.165) is 54.5 Å². The Labute approximate surface area is 291 Å². The van der Waals surface area contributed by atoms with E-state index in [1.54, 1.807) is 0 Å². The summed E-state index contributed by atoms with van der Waals surface area (Å²) in [6.07, 6.45) is 27.6. The minimum atomic E-state index is 0.306. The minimum Gasteiger partial charge on any atom is -0.383 e. The van der Waals surface area contributed by atoms with Crippen molar-refractivity contribution in [1.29, 1.82) is 0 Å². The van der Waals surface area contributed by atoms with Gasteiger partial charge in [0, 0.05) is 11.5 Å². The molecule has 4 aromatic carbocycles. The molecule has 0 fully saturated rings. The lowest BCUT2D eigenvalue weighted by molar-refractivity contribution is 0.853. The molecule has 49 heavy (non-hydrogen) atoms. The van der Waals surface area contributed by atoms with Crippen LogP contribution in [0.2, 0.25) is 0 Å². The van der Waals surface area contributed by atoms with Gasteiger partial charge >= 0.3 is 0 Å². The van der Waals surface area contributed by atoms with Crippen molar-refractivity contribution in [2.24, 2.45) is 10.7 Å². The third kappa shape index (κ3) is 7.40. The van der Waals surface area contributed by atoms with E-state index in [1.807, 2.05) is 18.2 Å². The third-order valence-corrected chi connectivity index (χ3v) is 9.52. The average Bonchev–Trinajstić information content (AvgIpc) is 3.19. The highest BCUT2D eigenvalue weighted by Crippen LogP contribution is 2.40. The summed E-state index contributed by atoms with van der Waals surface area (Å²) in [5.74, 6) is 0.805. The molecule has 240 valence electrons. The molecule has 0 saturated carbocycles. The number of aliphatic imine (C=N–C) groups is 1. The van der Waals surface area contributed by atoms with Crippen molar-refractivity contribution in [3.63, 3.8) is 0 Å². The monoisotopic (exact) mass is 634 g/mol. The molecule has 0 aromatic heterocycles. The van der Waals surface area contributed by atoms with Crippen molar-refractivity contribution in [3.8, 4) is 11.1 Å². The molecule has 0 amide bonds. The Bertz CT molecular complexity index is 2080. The zero-order chi connectivity index (χ0) is 33.4. The first-order valence-corrected chi connectivity index (χ1v) is 17.3. The van der Waals surface area contributed by atoms with Crippen LogP contribution in [0.1, 0.15) is 65.8 Å². The molecule has 1 atom stereocenters. The van der Waals surface area contributed by atoms with Crippen LogP contribution in [0.5, 0.6) is 0 Å². The summed E-state index contributed by atoms with van der Waals surface area (Å²) in [4.78, 5) is 4.95. The Kier molecular flexibility index (Phi) is 9.75. The average molecular weight is 635 g/mol. The van der Waals surface area contributed by atoms with Gasteiger partial charge in [-0.25, -0.2) is 4.99 Å². The zero-order valence-electron chi connectivity index (χ0n) is 27.9. The highest BCUT2D eigenvalue weighted by Gasteiger charge is 2.21. The molecule has 1 unspecified atom stereocenters. The van der Waals surface area contributed by atoms with Crippen LogP contribution in [0.15, 0.2) is 187 Å². The van der Waals surface area contributed by atoms with Gasteiger partial charge < -0.3 is 5.73 Å². The topological polar surface area (TPSA) is 38.4 Å². The van der Waals surface area contributed by atoms with Gasteiger partial charge in [0.05, 0.1) is 5.70 Å². The predicted octanol–water partition coefficient (Wildman–Crippen LogP) is 11.8. The van der Waals surface area contributed by atoms with Gasteiger partial charge in [0.25, 0.3) is 0 Å². The van der Waals surface area contributed by atoms with E-state index in [0.29, 0.717) is 11.8 Å². The van der Waals surface area contributed by atoms with Crippen LogP contribution in [-0.4, -0.2) is 5.84 Å². The third-order valence-electron chi connectivity index (χ3n) is 9.52. The second kappa shape index (κ2) is 15.0. The van der Waals surface area contributed by atoms with Crippen molar-refractivity contribution in [2.75, 3.05) is 0 Å². The van der Waals surface area contributed by atoms with E-state index in [2.05, 4.69) is 152 Å². The molecular weight excluding hydrogens is 593 g/mol. The number of amidine groups is 1. The number of rotatable bonds is 9. The smallest absolute Gasteiger partial charge is 0.131 e. The lowest BCUT2D eigenvalue weighted by Gasteiger charge is -2.24. The van der Waals surface area contributed by atoms with Crippen LogP contribution in [0.3, 0.4) is 0 Å². The molecule has 3 aliphatic carbocycles. The van der Waals surface area contributed by atoms with E-state index >= 15 is 0 Å². The Morgan fingerprint density at radius 2 is 1.51 bits per heavy atom. The lowest BCUT2D eigenvalue weighted by atomic mass is 9.80. The maximum absolute atomic E-state index is 6.65. The second-order valence-corrected chi connectivity index (χ2v) is 12.8. The number of nitrogens with zero attached hydrogens (tertiary/aromatic N) is 1. The van der Waals surface area contributed by atoms with Gasteiger partial charge in [0.2, 0.25) is 0 Å². The molecule has 0 heterocycles. The van der Waals surface area contributed by atoms with Crippen LogP contribution in [-0.2, 0) is 0 Å². The Balaban J connectivity index is 1.12. The summed E-state index contributed by atoms with van der Waals surface area (Å²) in [7, 11) is 0. The van der Waals surface area contributed by atoms with E-state index in [9.17, 15) is 0 Å². The van der Waals surface area contributed by atoms with Gasteiger partial charge in [-0.1, -0.05) is 164 Å². The van der Waals surface area contributed by atoms with E-state index in [-0.39, 0.29) is 0 Å². The lowest BCUT2D eigenvalue weighted by Crippen LogP contribution is -2.14. The quantitative estimate of drug-likeness (QED) is 0.111. The molecule has 0 radical (unpaired) electrons. The zero-order valence-corrected chi connectivity index (χ0v) is 27.9. The molecule has 2 N–H and O–H groups in total. The molecule has 0 aliphatic heterocycles. The maximum Gasteiger partial charge on any atom is 0.131 e. The fraction of sp³-hybridized carbons (Fsp3) is 0.128. The molecule has 0 spiro atoms. The molecule has 7 rings (SSSR count). The van der Waals surface area contributed by atoms with Gasteiger partial charge in [-0.05, 0) is 93.9 Å². The molecule has 2 heteroatoms. The summed E-state index contributed by atoms with van der Waals surface area (Å²) in [5, 5.41) is 0. The largest absolute Gasteiger partial charge is 0.383 e. The number of nitrogens with two attached hydrogens (primary N) is 1. The van der Waals surface area contributed by atoms with Crippen molar-refractivity contribution < 1.29 is 0 Å². The molecular formula is C47H42N2. The second-order valence-electron chi connectivity index (χ2n) is 12.8. The number of benzene rings is 4. The van der Waals surface area contributed by atoms with Crippen LogP contribution < -0.4 is 5.73 Å². The summed E-state index contributed by atoms with van der Waals surface area (Å²) >= 11 is 0. The first-order chi connectivity index (χ1) is 24.1. The van der Waals surface area contributed by atoms with Crippen LogP contribution in [0, 0.1) is 0 Å². The van der Waals surface area contributed by atoms with Crippen molar-refractivity contribution in [1.82, 2.24) is 0 Å². The maximum atomic E-state index is 6.65. The van der Waals surface area contributed by atoms with Crippen LogP contribution >= 0.6 is 0 Å². The Morgan fingerprint density at radius 3 is 2.20 bits per heavy atom. The van der Waals surface area contributed by atoms with E-state index in [4.69, 9.17) is 10.7 Å². The number of hydrogen-bond donors (Lipinski definition) is 1. The molecule has 2 nitrogen and oxygen atoms in total. The predicted molar refractivity (Wildman–Crippen MR) is 210 cm³/mol. The minimum absolute atomic E-state index is 0.306. The van der Waals surface area contributed by atoms with Gasteiger partial charge in [-0.2, -0.15) is 0 Å².